The van der Waals surface area contributed by atoms with Crippen molar-refractivity contribution >= 4 is 17.7 Å². The molecule has 3 heterocycles. The lowest BCUT2D eigenvalue weighted by Crippen LogP contribution is -2.52. The number of rotatable bonds is 2. The molecule has 3 amide bonds. The van der Waals surface area contributed by atoms with Crippen molar-refractivity contribution in [2.24, 2.45) is 0 Å². The average molecular weight is 446 g/mol. The Bertz CT molecular complexity index is 1270. The standard InChI is InChI=1S/C22H26F3N3O3/c1-22(2,3)27-8-6-11(7-9-27)15-17(23)12-10-28(13-4-5-14(29)26-20(13)30)21(31)16(12)19(25)18(15)24/h11,13H,4-10H2,1-3H3,(H,26,29,30)/i6D2,7D2,8D2,9D2. The minimum absolute atomic E-state index is 0.181. The summed E-state index contributed by atoms with van der Waals surface area (Å²) in [5, 5.41) is 1.99. The van der Waals surface area contributed by atoms with Crippen molar-refractivity contribution in [3.63, 3.8) is 0 Å². The van der Waals surface area contributed by atoms with E-state index in [2.05, 4.69) is 0 Å². The highest BCUT2D eigenvalue weighted by Crippen LogP contribution is 2.40. The van der Waals surface area contributed by atoms with Crippen molar-refractivity contribution < 1.29 is 38.5 Å². The van der Waals surface area contributed by atoms with E-state index in [0.717, 1.165) is 0 Å². The summed E-state index contributed by atoms with van der Waals surface area (Å²) in [5.41, 5.74) is -5.02. The van der Waals surface area contributed by atoms with Gasteiger partial charge < -0.3 is 4.90 Å². The summed E-state index contributed by atoms with van der Waals surface area (Å²) in [7, 11) is 0. The lowest BCUT2D eigenvalue weighted by molar-refractivity contribution is -0.136. The van der Waals surface area contributed by atoms with E-state index >= 15 is 13.2 Å². The van der Waals surface area contributed by atoms with Gasteiger partial charge in [-0.05, 0) is 58.8 Å². The van der Waals surface area contributed by atoms with E-state index in [1.807, 2.05) is 5.32 Å². The maximum Gasteiger partial charge on any atom is 0.258 e. The molecule has 0 bridgehead atoms. The van der Waals surface area contributed by atoms with Crippen LogP contribution in [-0.4, -0.2) is 52.1 Å². The van der Waals surface area contributed by atoms with Gasteiger partial charge in [0.1, 0.15) is 11.9 Å². The fourth-order valence-corrected chi connectivity index (χ4v) is 3.77. The van der Waals surface area contributed by atoms with Crippen molar-refractivity contribution in [3.8, 4) is 0 Å². The van der Waals surface area contributed by atoms with Gasteiger partial charge in [0.05, 0.1) is 12.1 Å². The number of nitrogens with one attached hydrogen (secondary N) is 1. The lowest BCUT2D eigenvalue weighted by atomic mass is 9.85. The SMILES string of the molecule is [2H]C1([2H])C(c2c(F)c(F)c3c(c2F)CN(C2CCC(=O)NC2=O)C3=O)C([2H])([2H])C([2H])([2H])N(C(C)(C)C)C1([2H])[2H]. The summed E-state index contributed by atoms with van der Waals surface area (Å²) < 4.78 is 115. The molecule has 2 saturated heterocycles. The molecular formula is C22H26F3N3O3. The fraction of sp³-hybridized carbons (Fsp3) is 0.591. The smallest absolute Gasteiger partial charge is 0.258 e. The molecule has 0 aliphatic carbocycles. The third kappa shape index (κ3) is 3.62. The number of nitrogens with zero attached hydrogens (tertiary/aromatic N) is 2. The Morgan fingerprint density at radius 3 is 2.26 bits per heavy atom. The maximum absolute atomic E-state index is 16.1. The quantitative estimate of drug-likeness (QED) is 0.562. The van der Waals surface area contributed by atoms with Crippen LogP contribution in [0.3, 0.4) is 0 Å². The van der Waals surface area contributed by atoms with Crippen molar-refractivity contribution in [3.05, 3.63) is 34.1 Å². The van der Waals surface area contributed by atoms with Crippen molar-refractivity contribution in [1.29, 1.82) is 0 Å². The number of fused-ring (bicyclic) bond motifs is 1. The zero-order valence-corrected chi connectivity index (χ0v) is 17.0. The first-order valence-electron chi connectivity index (χ1n) is 13.7. The van der Waals surface area contributed by atoms with Gasteiger partial charge in [0, 0.05) is 34.1 Å². The van der Waals surface area contributed by atoms with Crippen LogP contribution in [0.1, 0.15) is 84.7 Å². The number of piperidine rings is 2. The Morgan fingerprint density at radius 2 is 1.68 bits per heavy atom. The molecule has 0 saturated carbocycles. The molecule has 1 aromatic carbocycles. The van der Waals surface area contributed by atoms with Gasteiger partial charge in [0.2, 0.25) is 11.8 Å². The van der Waals surface area contributed by atoms with E-state index in [9.17, 15) is 14.4 Å². The van der Waals surface area contributed by atoms with Crippen LogP contribution in [0, 0.1) is 17.5 Å². The molecule has 0 spiro atoms. The van der Waals surface area contributed by atoms with Gasteiger partial charge >= 0.3 is 0 Å². The van der Waals surface area contributed by atoms with Crippen molar-refractivity contribution in [1.82, 2.24) is 15.1 Å². The van der Waals surface area contributed by atoms with E-state index in [1.54, 1.807) is 0 Å². The minimum Gasteiger partial charge on any atom is -0.322 e. The monoisotopic (exact) mass is 445 g/mol. The first-order valence-corrected chi connectivity index (χ1v) is 9.67. The second kappa shape index (κ2) is 7.62. The summed E-state index contributed by atoms with van der Waals surface area (Å²) in [4.78, 5) is 37.8. The predicted molar refractivity (Wildman–Crippen MR) is 106 cm³/mol. The Kier molecular flexibility index (Phi) is 3.41. The normalized spacial score (nSPS) is 33.7. The molecule has 1 atom stereocenters. The number of carbonyl (C=O) groups is 3. The third-order valence-corrected chi connectivity index (χ3v) is 5.44. The summed E-state index contributed by atoms with van der Waals surface area (Å²) in [6.07, 6.45) is -7.44. The molecule has 0 radical (unpaired) electrons. The average Bonchev–Trinajstić information content (AvgIpc) is 3.09. The third-order valence-electron chi connectivity index (χ3n) is 5.44. The highest BCUT2D eigenvalue weighted by atomic mass is 19.2. The van der Waals surface area contributed by atoms with Crippen LogP contribution < -0.4 is 5.32 Å². The zero-order valence-electron chi connectivity index (χ0n) is 25.0. The molecule has 1 aromatic rings. The number of amides is 3. The van der Waals surface area contributed by atoms with Gasteiger partial charge in [-0.2, -0.15) is 0 Å². The fourth-order valence-electron chi connectivity index (χ4n) is 3.77. The summed E-state index contributed by atoms with van der Waals surface area (Å²) in [5.74, 6) is -11.6. The first kappa shape index (κ1) is 13.9. The van der Waals surface area contributed by atoms with Crippen LogP contribution >= 0.6 is 0 Å². The summed E-state index contributed by atoms with van der Waals surface area (Å²) >= 11 is 0. The van der Waals surface area contributed by atoms with E-state index in [0.29, 0.717) is 9.80 Å². The first-order chi connectivity index (χ1) is 17.5. The summed E-state index contributed by atoms with van der Waals surface area (Å²) in [6, 6.07) is -1.33. The van der Waals surface area contributed by atoms with Crippen LogP contribution in [0.15, 0.2) is 0 Å². The largest absolute Gasteiger partial charge is 0.322 e. The summed E-state index contributed by atoms with van der Waals surface area (Å²) in [6.45, 7) is -3.62. The van der Waals surface area contributed by atoms with E-state index in [-0.39, 0.29) is 12.8 Å². The molecule has 3 aliphatic rings. The van der Waals surface area contributed by atoms with Crippen molar-refractivity contribution in [2.45, 2.75) is 70.4 Å². The maximum atomic E-state index is 16.1. The van der Waals surface area contributed by atoms with Gasteiger partial charge in [0.15, 0.2) is 11.6 Å². The number of benzene rings is 1. The number of hydrogen-bond acceptors (Lipinski definition) is 4. The molecular weight excluding hydrogens is 411 g/mol. The van der Waals surface area contributed by atoms with Crippen LogP contribution in [0.2, 0.25) is 0 Å². The van der Waals surface area contributed by atoms with Crippen LogP contribution in [0.5, 0.6) is 0 Å². The zero-order chi connectivity index (χ0) is 29.8. The second-order valence-corrected chi connectivity index (χ2v) is 8.56. The van der Waals surface area contributed by atoms with Gasteiger partial charge in [-0.3, -0.25) is 24.6 Å². The highest BCUT2D eigenvalue weighted by Gasteiger charge is 2.44. The Labute approximate surface area is 190 Å². The molecule has 4 rings (SSSR count). The van der Waals surface area contributed by atoms with Gasteiger partial charge in [-0.1, -0.05) is 0 Å². The number of imide groups is 1. The van der Waals surface area contributed by atoms with Gasteiger partial charge in [-0.15, -0.1) is 0 Å². The molecule has 1 N–H and O–H groups in total. The number of likely N-dealkylation sites (tertiary alicyclic amines) is 1. The Morgan fingerprint density at radius 1 is 1.03 bits per heavy atom. The van der Waals surface area contributed by atoms with Crippen LogP contribution in [0.4, 0.5) is 13.2 Å². The predicted octanol–water partition coefficient (Wildman–Crippen LogP) is 2.84. The Balaban J connectivity index is 1.92. The second-order valence-electron chi connectivity index (χ2n) is 8.56. The topological polar surface area (TPSA) is 69.7 Å². The molecule has 31 heavy (non-hydrogen) atoms. The molecule has 168 valence electrons. The molecule has 2 fully saturated rings. The molecule has 1 unspecified atom stereocenters. The van der Waals surface area contributed by atoms with Crippen molar-refractivity contribution in [2.75, 3.05) is 13.0 Å². The highest BCUT2D eigenvalue weighted by molar-refractivity contribution is 6.05. The molecule has 9 heteroatoms. The number of hydrogen-bond donors (Lipinski definition) is 1. The van der Waals surface area contributed by atoms with Gasteiger partial charge in [0.25, 0.3) is 5.91 Å². The number of carbonyl (C=O) groups excluding carboxylic acids is 3. The molecule has 3 aliphatic heterocycles. The number of halogens is 3. The van der Waals surface area contributed by atoms with Crippen LogP contribution in [-0.2, 0) is 16.1 Å². The van der Waals surface area contributed by atoms with Gasteiger partial charge in [-0.25, -0.2) is 13.2 Å². The lowest BCUT2D eigenvalue weighted by Gasteiger charge is -2.41. The van der Waals surface area contributed by atoms with E-state index < -0.39 is 102 Å². The molecule has 0 aromatic heterocycles. The van der Waals surface area contributed by atoms with Crippen LogP contribution in [0.25, 0.3) is 0 Å². The Hall–Kier alpha value is -2.42. The molecule has 6 nitrogen and oxygen atoms in total. The van der Waals surface area contributed by atoms with E-state index in [4.69, 9.17) is 11.0 Å². The van der Waals surface area contributed by atoms with E-state index in [1.165, 1.54) is 20.8 Å². The minimum atomic E-state index is -3.54.